The first kappa shape index (κ1) is 14.1. The largest absolute Gasteiger partial charge is 0.360 e. The van der Waals surface area contributed by atoms with Crippen LogP contribution in [-0.2, 0) is 10.2 Å². The lowest BCUT2D eigenvalue weighted by atomic mass is 9.86. The molecule has 1 atom stereocenters. The molecule has 1 unspecified atom stereocenters. The van der Waals surface area contributed by atoms with Crippen molar-refractivity contribution < 1.29 is 4.79 Å². The zero-order chi connectivity index (χ0) is 16.2. The van der Waals surface area contributed by atoms with Crippen LogP contribution in [0, 0.1) is 0 Å². The molecule has 1 aromatic heterocycles. The third-order valence-corrected chi connectivity index (χ3v) is 4.84. The Hall–Kier alpha value is -2.56. The van der Waals surface area contributed by atoms with E-state index in [1.165, 1.54) is 0 Å². The van der Waals surface area contributed by atoms with Gasteiger partial charge in [0.05, 0.1) is 22.5 Å². The molecule has 0 saturated carbocycles. The van der Waals surface area contributed by atoms with Gasteiger partial charge < -0.3 is 15.5 Å². The molecule has 1 amide bonds. The van der Waals surface area contributed by atoms with Gasteiger partial charge in [0, 0.05) is 18.9 Å². The molecular weight excluding hydrogens is 288 g/mol. The number of likely N-dealkylation sites (N-methyl/N-ethyl adjacent to an activating group) is 1. The highest BCUT2D eigenvalue weighted by atomic mass is 16.2. The van der Waals surface area contributed by atoms with Gasteiger partial charge in [0.2, 0.25) is 5.91 Å². The fraction of sp³-hybridized carbons (Fsp3) is 0.333. The Balaban J connectivity index is 1.75. The lowest BCUT2D eigenvalue weighted by Gasteiger charge is -2.18. The molecule has 0 radical (unpaired) electrons. The number of rotatable bonds is 2. The molecule has 0 aliphatic carbocycles. The van der Waals surface area contributed by atoms with Gasteiger partial charge in [-0.25, -0.2) is 0 Å². The number of amides is 1. The molecule has 0 spiro atoms. The number of anilines is 3. The minimum absolute atomic E-state index is 0.0319. The molecule has 0 fully saturated rings. The van der Waals surface area contributed by atoms with Crippen molar-refractivity contribution in [3.63, 3.8) is 0 Å². The van der Waals surface area contributed by atoms with E-state index in [0.717, 1.165) is 28.2 Å². The Bertz CT molecular complexity index is 785. The van der Waals surface area contributed by atoms with E-state index < -0.39 is 5.41 Å². The summed E-state index contributed by atoms with van der Waals surface area (Å²) in [7, 11) is 0. The fourth-order valence-electron chi connectivity index (χ4n) is 3.50. The fourth-order valence-corrected chi connectivity index (χ4v) is 3.50. The second kappa shape index (κ2) is 4.72. The summed E-state index contributed by atoms with van der Waals surface area (Å²) >= 11 is 0. The molecule has 2 N–H and O–H groups in total. The van der Waals surface area contributed by atoms with Gasteiger partial charge in [0.25, 0.3) is 0 Å². The molecule has 0 saturated heterocycles. The van der Waals surface area contributed by atoms with E-state index in [2.05, 4.69) is 27.8 Å². The number of nitrogens with one attached hydrogen (secondary N) is 2. The molecule has 0 bridgehead atoms. The van der Waals surface area contributed by atoms with Crippen LogP contribution < -0.4 is 15.5 Å². The van der Waals surface area contributed by atoms with Crippen molar-refractivity contribution in [2.24, 2.45) is 0 Å². The quantitative estimate of drug-likeness (QED) is 0.894. The van der Waals surface area contributed by atoms with E-state index in [0.29, 0.717) is 6.54 Å². The van der Waals surface area contributed by atoms with Gasteiger partial charge in [-0.3, -0.25) is 9.78 Å². The van der Waals surface area contributed by atoms with Gasteiger partial charge in [-0.05, 0) is 56.2 Å². The third kappa shape index (κ3) is 1.92. The Morgan fingerprint density at radius 1 is 1.17 bits per heavy atom. The molecule has 2 aliphatic heterocycles. The normalized spacial score (nSPS) is 20.7. The van der Waals surface area contributed by atoms with Crippen LogP contribution in [-0.4, -0.2) is 17.4 Å². The van der Waals surface area contributed by atoms with Crippen LogP contribution in [0.15, 0.2) is 36.7 Å². The number of aromatic nitrogens is 1. The topological polar surface area (TPSA) is 57.3 Å². The maximum absolute atomic E-state index is 12.6. The van der Waals surface area contributed by atoms with Crippen LogP contribution in [0.2, 0.25) is 0 Å². The second-order valence-electron chi connectivity index (χ2n) is 6.59. The summed E-state index contributed by atoms with van der Waals surface area (Å²) in [4.78, 5) is 18.5. The van der Waals surface area contributed by atoms with Crippen molar-refractivity contribution in [2.45, 2.75) is 32.4 Å². The monoisotopic (exact) mass is 308 g/mol. The predicted octanol–water partition coefficient (Wildman–Crippen LogP) is 3.26. The Morgan fingerprint density at radius 2 is 1.83 bits per heavy atom. The number of carbonyl (C=O) groups excluding carboxylic acids is 1. The molecule has 5 heteroatoms. The minimum atomic E-state index is -0.475. The van der Waals surface area contributed by atoms with E-state index >= 15 is 0 Å². The van der Waals surface area contributed by atoms with E-state index in [-0.39, 0.29) is 12.1 Å². The maximum Gasteiger partial charge on any atom is 0.237 e. The van der Waals surface area contributed by atoms with E-state index in [4.69, 9.17) is 0 Å². The number of benzene rings is 1. The molecule has 2 aliphatic rings. The third-order valence-electron chi connectivity index (χ3n) is 4.84. The van der Waals surface area contributed by atoms with Crippen molar-refractivity contribution >= 4 is 23.0 Å². The van der Waals surface area contributed by atoms with E-state index in [9.17, 15) is 4.79 Å². The van der Waals surface area contributed by atoms with Crippen molar-refractivity contribution in [1.82, 2.24) is 4.98 Å². The first-order valence-corrected chi connectivity index (χ1v) is 7.96. The number of fused-ring (bicyclic) bond motifs is 2. The molecule has 4 rings (SSSR count). The van der Waals surface area contributed by atoms with Gasteiger partial charge in [-0.15, -0.1) is 0 Å². The number of carbonyl (C=O) groups is 1. The Labute approximate surface area is 135 Å². The zero-order valence-corrected chi connectivity index (χ0v) is 13.6. The second-order valence-corrected chi connectivity index (χ2v) is 6.59. The predicted molar refractivity (Wildman–Crippen MR) is 91.7 cm³/mol. The van der Waals surface area contributed by atoms with Gasteiger partial charge in [-0.2, -0.15) is 0 Å². The molecule has 1 aromatic carbocycles. The Kier molecular flexibility index (Phi) is 2.88. The van der Waals surface area contributed by atoms with Crippen molar-refractivity contribution in [2.75, 3.05) is 22.1 Å². The average Bonchev–Trinajstić information content (AvgIpc) is 3.05. The summed E-state index contributed by atoms with van der Waals surface area (Å²) in [5.41, 5.74) is 4.85. The average molecular weight is 308 g/mol. The van der Waals surface area contributed by atoms with Gasteiger partial charge in [-0.1, -0.05) is 0 Å². The summed E-state index contributed by atoms with van der Waals surface area (Å²) in [6, 6.07) is 8.20. The lowest BCUT2D eigenvalue weighted by molar-refractivity contribution is -0.122. The molecule has 118 valence electrons. The summed E-state index contributed by atoms with van der Waals surface area (Å²) in [5.74, 6) is 0.171. The van der Waals surface area contributed by atoms with Crippen molar-refractivity contribution in [1.29, 1.82) is 0 Å². The molecule has 3 heterocycles. The van der Waals surface area contributed by atoms with Crippen LogP contribution in [0.3, 0.4) is 0 Å². The van der Waals surface area contributed by atoms with Crippen LogP contribution in [0.25, 0.3) is 0 Å². The smallest absolute Gasteiger partial charge is 0.237 e. The molecule has 5 nitrogen and oxygen atoms in total. The molecule has 2 aromatic rings. The number of hydrogen-bond donors (Lipinski definition) is 2. The summed E-state index contributed by atoms with van der Waals surface area (Å²) in [5, 5.41) is 6.99. The highest BCUT2D eigenvalue weighted by Crippen LogP contribution is 2.48. The SMILES string of the molecule is CCN1C(=O)C(C)(C)c2cc3c(cc21)NC(c1ccncc1)N3. The van der Waals surface area contributed by atoms with Crippen molar-refractivity contribution in [3.8, 4) is 0 Å². The van der Waals surface area contributed by atoms with E-state index in [1.807, 2.05) is 37.8 Å². The van der Waals surface area contributed by atoms with Gasteiger partial charge in [0.1, 0.15) is 6.17 Å². The zero-order valence-electron chi connectivity index (χ0n) is 13.6. The van der Waals surface area contributed by atoms with Crippen LogP contribution >= 0.6 is 0 Å². The van der Waals surface area contributed by atoms with Gasteiger partial charge >= 0.3 is 0 Å². The van der Waals surface area contributed by atoms with E-state index in [1.54, 1.807) is 12.4 Å². The summed E-state index contributed by atoms with van der Waals surface area (Å²) in [6.07, 6.45) is 3.62. The van der Waals surface area contributed by atoms with Crippen LogP contribution in [0.1, 0.15) is 38.1 Å². The number of nitrogens with zero attached hydrogens (tertiary/aromatic N) is 2. The standard InChI is InChI=1S/C18H20N4O/c1-4-22-15-10-14-13(9-12(15)18(2,3)17(22)23)20-16(21-14)11-5-7-19-8-6-11/h5-10,16,20-21H,4H2,1-3H3. The number of pyridine rings is 1. The lowest BCUT2D eigenvalue weighted by Crippen LogP contribution is -2.35. The molecular formula is C18H20N4O. The van der Waals surface area contributed by atoms with Crippen molar-refractivity contribution in [3.05, 3.63) is 47.8 Å². The maximum atomic E-state index is 12.6. The molecule has 23 heavy (non-hydrogen) atoms. The van der Waals surface area contributed by atoms with Crippen LogP contribution in [0.4, 0.5) is 17.1 Å². The summed E-state index contributed by atoms with van der Waals surface area (Å²) in [6.45, 7) is 6.70. The first-order chi connectivity index (χ1) is 11.0. The Morgan fingerprint density at radius 3 is 2.48 bits per heavy atom. The highest BCUT2D eigenvalue weighted by Gasteiger charge is 2.44. The van der Waals surface area contributed by atoms with Gasteiger partial charge in [0.15, 0.2) is 0 Å². The highest BCUT2D eigenvalue weighted by molar-refractivity contribution is 6.09. The summed E-state index contributed by atoms with van der Waals surface area (Å²) < 4.78 is 0. The van der Waals surface area contributed by atoms with Crippen LogP contribution in [0.5, 0.6) is 0 Å². The number of hydrogen-bond acceptors (Lipinski definition) is 4. The first-order valence-electron chi connectivity index (χ1n) is 7.96. The minimum Gasteiger partial charge on any atom is -0.360 e.